The molecule has 136 valence electrons. The molecule has 1 amide bonds. The van der Waals surface area contributed by atoms with E-state index in [1.54, 1.807) is 6.26 Å². The molecule has 2 aromatic rings. The number of unbranched alkanes of at least 4 members (excludes halogenated alkanes) is 2. The van der Waals surface area contributed by atoms with Crippen LogP contribution in [0.1, 0.15) is 62.1 Å². The van der Waals surface area contributed by atoms with E-state index in [0.717, 1.165) is 29.4 Å². The van der Waals surface area contributed by atoms with Gasteiger partial charge in [0.1, 0.15) is 5.58 Å². The molecule has 0 aliphatic heterocycles. The molecule has 2 rings (SSSR count). The largest absolute Gasteiger partial charge is 0.481 e. The molecule has 5 nitrogen and oxygen atoms in total. The van der Waals surface area contributed by atoms with Gasteiger partial charge in [-0.05, 0) is 48.9 Å². The van der Waals surface area contributed by atoms with Gasteiger partial charge in [0.15, 0.2) is 0 Å². The number of benzene rings is 1. The predicted molar refractivity (Wildman–Crippen MR) is 97.9 cm³/mol. The summed E-state index contributed by atoms with van der Waals surface area (Å²) in [6.07, 6.45) is 4.39. The Bertz CT molecular complexity index is 745. The van der Waals surface area contributed by atoms with E-state index in [-0.39, 0.29) is 12.3 Å². The fourth-order valence-electron chi connectivity index (χ4n) is 3.04. The molecule has 0 saturated heterocycles. The maximum Gasteiger partial charge on any atom is 0.303 e. The molecule has 0 bridgehead atoms. The van der Waals surface area contributed by atoms with Crippen molar-refractivity contribution >= 4 is 22.8 Å². The van der Waals surface area contributed by atoms with Crippen molar-refractivity contribution in [2.75, 3.05) is 6.54 Å². The topological polar surface area (TPSA) is 79.5 Å². The molecule has 1 aromatic heterocycles. The summed E-state index contributed by atoms with van der Waals surface area (Å²) in [4.78, 5) is 22.6. The van der Waals surface area contributed by atoms with Crippen molar-refractivity contribution in [3.8, 4) is 0 Å². The van der Waals surface area contributed by atoms with Gasteiger partial charge in [0.2, 0.25) is 5.91 Å². The highest BCUT2D eigenvalue weighted by Gasteiger charge is 2.13. The first-order chi connectivity index (χ1) is 11.9. The smallest absolute Gasteiger partial charge is 0.303 e. The third kappa shape index (κ3) is 5.34. The van der Waals surface area contributed by atoms with Crippen LogP contribution in [0.4, 0.5) is 0 Å². The number of nitrogens with one attached hydrogen (secondary N) is 1. The van der Waals surface area contributed by atoms with Crippen molar-refractivity contribution in [3.05, 3.63) is 35.1 Å². The normalized spacial score (nSPS) is 11.2. The van der Waals surface area contributed by atoms with Gasteiger partial charge in [-0.15, -0.1) is 0 Å². The second-order valence-corrected chi connectivity index (χ2v) is 6.85. The van der Waals surface area contributed by atoms with Crippen LogP contribution in [0.2, 0.25) is 0 Å². The zero-order valence-electron chi connectivity index (χ0n) is 15.2. The Morgan fingerprint density at radius 1 is 1.20 bits per heavy atom. The minimum atomic E-state index is -0.771. The van der Waals surface area contributed by atoms with Crippen LogP contribution >= 0.6 is 0 Å². The van der Waals surface area contributed by atoms with E-state index in [0.29, 0.717) is 25.3 Å². The van der Waals surface area contributed by atoms with Crippen molar-refractivity contribution in [1.29, 1.82) is 0 Å². The Kier molecular flexibility index (Phi) is 6.62. The minimum Gasteiger partial charge on any atom is -0.481 e. The molecular formula is C20H27NO4. The number of aryl methyl sites for hydroxylation is 1. The number of carboxylic acids is 1. The van der Waals surface area contributed by atoms with Crippen LogP contribution < -0.4 is 5.32 Å². The molecule has 0 radical (unpaired) electrons. The third-order valence-electron chi connectivity index (χ3n) is 4.40. The number of carbonyl (C=O) groups excluding carboxylic acids is 1. The minimum absolute atomic E-state index is 0.0346. The number of carbonyl (C=O) groups is 2. The molecule has 0 fully saturated rings. The van der Waals surface area contributed by atoms with Crippen molar-refractivity contribution in [2.24, 2.45) is 0 Å². The molecule has 1 aromatic carbocycles. The van der Waals surface area contributed by atoms with Crippen LogP contribution in [-0.2, 0) is 16.0 Å². The van der Waals surface area contributed by atoms with Gasteiger partial charge in [-0.2, -0.15) is 0 Å². The van der Waals surface area contributed by atoms with Crippen molar-refractivity contribution in [3.63, 3.8) is 0 Å². The summed E-state index contributed by atoms with van der Waals surface area (Å²) in [5.74, 6) is -0.383. The second-order valence-electron chi connectivity index (χ2n) is 6.85. The highest BCUT2D eigenvalue weighted by molar-refractivity contribution is 5.88. The predicted octanol–water partition coefficient (Wildman–Crippen LogP) is 4.17. The van der Waals surface area contributed by atoms with Crippen molar-refractivity contribution < 1.29 is 19.1 Å². The molecule has 0 aliphatic carbocycles. The van der Waals surface area contributed by atoms with Crippen molar-refractivity contribution in [1.82, 2.24) is 5.32 Å². The lowest BCUT2D eigenvalue weighted by atomic mass is 9.95. The Labute approximate surface area is 148 Å². The van der Waals surface area contributed by atoms with E-state index in [4.69, 9.17) is 9.52 Å². The van der Waals surface area contributed by atoms with Gasteiger partial charge in [0, 0.05) is 23.9 Å². The molecule has 0 spiro atoms. The number of amides is 1. The first-order valence-electron chi connectivity index (χ1n) is 8.87. The fraction of sp³-hybridized carbons (Fsp3) is 0.500. The summed E-state index contributed by atoms with van der Waals surface area (Å²) in [6, 6.07) is 4.17. The van der Waals surface area contributed by atoms with Gasteiger partial charge >= 0.3 is 5.97 Å². The van der Waals surface area contributed by atoms with Gasteiger partial charge < -0.3 is 14.8 Å². The molecule has 0 atom stereocenters. The van der Waals surface area contributed by atoms with E-state index >= 15 is 0 Å². The number of rotatable bonds is 9. The number of fused-ring (bicyclic) bond motifs is 1. The zero-order chi connectivity index (χ0) is 18.4. The highest BCUT2D eigenvalue weighted by Crippen LogP contribution is 2.29. The quantitative estimate of drug-likeness (QED) is 0.669. The number of furan rings is 1. The lowest BCUT2D eigenvalue weighted by Gasteiger charge is -2.10. The summed E-state index contributed by atoms with van der Waals surface area (Å²) in [5, 5.41) is 12.5. The fourth-order valence-corrected chi connectivity index (χ4v) is 3.04. The summed E-state index contributed by atoms with van der Waals surface area (Å²) < 4.78 is 5.61. The van der Waals surface area contributed by atoms with Gasteiger partial charge in [-0.3, -0.25) is 9.59 Å². The molecule has 0 aliphatic rings. The molecule has 25 heavy (non-hydrogen) atoms. The Morgan fingerprint density at radius 3 is 2.64 bits per heavy atom. The van der Waals surface area contributed by atoms with Gasteiger partial charge in [0.05, 0.1) is 12.7 Å². The SMILES string of the molecule is Cc1cc2occ(CC(=O)NCCCCCC(=O)O)c2cc1C(C)C. The lowest BCUT2D eigenvalue weighted by Crippen LogP contribution is -2.26. The highest BCUT2D eigenvalue weighted by atomic mass is 16.4. The Morgan fingerprint density at radius 2 is 1.96 bits per heavy atom. The standard InChI is InChI=1S/C20H27NO4/c1-13(2)16-11-17-15(12-25-18(17)9-14(16)3)10-19(22)21-8-6-4-5-7-20(23)24/h9,11-13H,4-8,10H2,1-3H3,(H,21,22)(H,23,24). The molecule has 1 heterocycles. The Balaban J connectivity index is 1.90. The first-order valence-corrected chi connectivity index (χ1v) is 8.87. The van der Waals surface area contributed by atoms with Crippen LogP contribution in [0.25, 0.3) is 11.0 Å². The van der Waals surface area contributed by atoms with Crippen LogP contribution in [-0.4, -0.2) is 23.5 Å². The maximum absolute atomic E-state index is 12.1. The number of aliphatic carboxylic acids is 1. The average molecular weight is 345 g/mol. The third-order valence-corrected chi connectivity index (χ3v) is 4.40. The average Bonchev–Trinajstić information content (AvgIpc) is 2.91. The van der Waals surface area contributed by atoms with E-state index in [2.05, 4.69) is 32.2 Å². The van der Waals surface area contributed by atoms with Crippen LogP contribution in [0.15, 0.2) is 22.8 Å². The number of hydrogen-bond donors (Lipinski definition) is 2. The summed E-state index contributed by atoms with van der Waals surface area (Å²) in [5.41, 5.74) is 4.20. The van der Waals surface area contributed by atoms with E-state index in [1.165, 1.54) is 11.1 Å². The summed E-state index contributed by atoms with van der Waals surface area (Å²) in [7, 11) is 0. The summed E-state index contributed by atoms with van der Waals surface area (Å²) >= 11 is 0. The Hall–Kier alpha value is -2.30. The van der Waals surface area contributed by atoms with E-state index < -0.39 is 5.97 Å². The van der Waals surface area contributed by atoms with Crippen LogP contribution in [0.5, 0.6) is 0 Å². The molecular weight excluding hydrogens is 318 g/mol. The van der Waals surface area contributed by atoms with E-state index in [1.807, 2.05) is 6.07 Å². The lowest BCUT2D eigenvalue weighted by molar-refractivity contribution is -0.137. The number of carboxylic acid groups (broad SMARTS) is 1. The first kappa shape index (κ1) is 19.0. The monoisotopic (exact) mass is 345 g/mol. The maximum atomic E-state index is 12.1. The molecule has 5 heteroatoms. The molecule has 2 N–H and O–H groups in total. The van der Waals surface area contributed by atoms with Crippen LogP contribution in [0.3, 0.4) is 0 Å². The zero-order valence-corrected chi connectivity index (χ0v) is 15.2. The van der Waals surface area contributed by atoms with E-state index in [9.17, 15) is 9.59 Å². The summed E-state index contributed by atoms with van der Waals surface area (Å²) in [6.45, 7) is 6.97. The molecule has 0 saturated carbocycles. The number of hydrogen-bond acceptors (Lipinski definition) is 3. The van der Waals surface area contributed by atoms with Gasteiger partial charge in [0.25, 0.3) is 0 Å². The van der Waals surface area contributed by atoms with Crippen LogP contribution in [0, 0.1) is 6.92 Å². The second kappa shape index (κ2) is 8.70. The van der Waals surface area contributed by atoms with Gasteiger partial charge in [-0.25, -0.2) is 0 Å². The van der Waals surface area contributed by atoms with Gasteiger partial charge in [-0.1, -0.05) is 20.3 Å². The molecule has 0 unspecified atom stereocenters. The van der Waals surface area contributed by atoms with Crippen molar-refractivity contribution in [2.45, 2.75) is 58.8 Å².